The number of ether oxygens (including phenoxy) is 2. The molecule has 3 rings (SSSR count). The van der Waals surface area contributed by atoms with E-state index in [4.69, 9.17) is 19.7 Å². The highest BCUT2D eigenvalue weighted by Crippen LogP contribution is 2.25. The molecule has 0 saturated carbocycles. The molecule has 0 radical (unpaired) electrons. The van der Waals surface area contributed by atoms with Gasteiger partial charge in [-0.3, -0.25) is 9.48 Å². The fourth-order valence-corrected chi connectivity index (χ4v) is 3.93. The molecular formula is C25H33N3O6. The Morgan fingerprint density at radius 2 is 1.97 bits per heavy atom. The second kappa shape index (κ2) is 11.3. The number of hydrogen-bond acceptors (Lipinski definition) is 6. The summed E-state index contributed by atoms with van der Waals surface area (Å²) in [4.78, 5) is 36.6. The number of aromatic nitrogens is 2. The summed E-state index contributed by atoms with van der Waals surface area (Å²) in [6, 6.07) is 5.77. The van der Waals surface area contributed by atoms with E-state index in [1.165, 1.54) is 24.3 Å². The van der Waals surface area contributed by atoms with E-state index in [1.54, 1.807) is 0 Å². The number of carboxylic acids is 1. The number of hydrogen-bond donors (Lipinski definition) is 2. The standard InChI is InChI=1S/C25H33N3O6/c1-4-19-21-20(10-6-12-33-13-7-11-26-22(21)29)28(27-19)15-25(2,3)16-34-24(32)18-9-5-8-17(14-18)23(30)31/h5,8-9,14H,4,6-7,10-13,15-16H2,1-3H3,(H,26,29)(H,30,31). The number of nitrogens with one attached hydrogen (secondary N) is 1. The van der Waals surface area contributed by atoms with Gasteiger partial charge in [-0.2, -0.15) is 5.10 Å². The fourth-order valence-electron chi connectivity index (χ4n) is 3.93. The van der Waals surface area contributed by atoms with Gasteiger partial charge in [-0.05, 0) is 43.9 Å². The van der Waals surface area contributed by atoms with Crippen molar-refractivity contribution < 1.29 is 29.0 Å². The van der Waals surface area contributed by atoms with Gasteiger partial charge in [0, 0.05) is 31.7 Å². The number of aromatic carboxylic acids is 1. The number of benzene rings is 1. The van der Waals surface area contributed by atoms with E-state index in [2.05, 4.69) is 5.32 Å². The van der Waals surface area contributed by atoms with E-state index in [9.17, 15) is 14.4 Å². The van der Waals surface area contributed by atoms with Crippen molar-refractivity contribution in [1.82, 2.24) is 15.1 Å². The second-order valence-electron chi connectivity index (χ2n) is 9.23. The Hall–Kier alpha value is -3.20. The summed E-state index contributed by atoms with van der Waals surface area (Å²) in [5.74, 6) is -1.79. The monoisotopic (exact) mass is 471 g/mol. The summed E-state index contributed by atoms with van der Waals surface area (Å²) < 4.78 is 13.0. The van der Waals surface area contributed by atoms with Crippen LogP contribution >= 0.6 is 0 Å². The van der Waals surface area contributed by atoms with Gasteiger partial charge < -0.3 is 19.9 Å². The minimum absolute atomic E-state index is 0.0285. The van der Waals surface area contributed by atoms with E-state index in [1.807, 2.05) is 25.5 Å². The van der Waals surface area contributed by atoms with Crippen LogP contribution in [0.3, 0.4) is 0 Å². The molecule has 9 nitrogen and oxygen atoms in total. The molecule has 34 heavy (non-hydrogen) atoms. The quantitative estimate of drug-likeness (QED) is 0.596. The first kappa shape index (κ1) is 25.4. The van der Waals surface area contributed by atoms with Crippen LogP contribution in [-0.2, 0) is 28.9 Å². The van der Waals surface area contributed by atoms with Crippen molar-refractivity contribution in [3.63, 3.8) is 0 Å². The number of amides is 1. The van der Waals surface area contributed by atoms with Gasteiger partial charge in [0.15, 0.2) is 0 Å². The van der Waals surface area contributed by atoms with Crippen LogP contribution in [0.1, 0.15) is 76.1 Å². The van der Waals surface area contributed by atoms with Gasteiger partial charge in [-0.25, -0.2) is 9.59 Å². The van der Waals surface area contributed by atoms with Crippen LogP contribution < -0.4 is 5.32 Å². The number of fused-ring (bicyclic) bond motifs is 1. The molecule has 0 bridgehead atoms. The SMILES string of the molecule is CCc1nn(CC(C)(C)COC(=O)c2cccc(C(=O)O)c2)c2c1C(=O)NCCCOCCC2. The lowest BCUT2D eigenvalue weighted by Gasteiger charge is -2.25. The van der Waals surface area contributed by atoms with E-state index in [0.29, 0.717) is 44.7 Å². The topological polar surface area (TPSA) is 120 Å². The predicted octanol–water partition coefficient (Wildman–Crippen LogP) is 3.11. The second-order valence-corrected chi connectivity index (χ2v) is 9.23. The van der Waals surface area contributed by atoms with Crippen LogP contribution in [-0.4, -0.2) is 59.1 Å². The van der Waals surface area contributed by atoms with Crippen molar-refractivity contribution in [3.05, 3.63) is 52.3 Å². The van der Waals surface area contributed by atoms with Crippen molar-refractivity contribution in [2.75, 3.05) is 26.4 Å². The fraction of sp³-hybridized carbons (Fsp3) is 0.520. The lowest BCUT2D eigenvalue weighted by Crippen LogP contribution is -2.29. The number of rotatable bonds is 7. The van der Waals surface area contributed by atoms with Crippen molar-refractivity contribution in [2.24, 2.45) is 5.41 Å². The van der Waals surface area contributed by atoms with Crippen molar-refractivity contribution >= 4 is 17.8 Å². The average Bonchev–Trinajstić information content (AvgIpc) is 3.13. The summed E-state index contributed by atoms with van der Waals surface area (Å²) in [6.45, 7) is 8.25. The summed E-state index contributed by atoms with van der Waals surface area (Å²) in [6.07, 6.45) is 2.84. The highest BCUT2D eigenvalue weighted by atomic mass is 16.5. The zero-order chi connectivity index (χ0) is 24.7. The number of nitrogens with zero attached hydrogens (tertiary/aromatic N) is 2. The maximum absolute atomic E-state index is 12.9. The van der Waals surface area contributed by atoms with Gasteiger partial charge in [0.05, 0.1) is 34.7 Å². The Morgan fingerprint density at radius 3 is 2.71 bits per heavy atom. The van der Waals surface area contributed by atoms with Crippen LogP contribution in [0.4, 0.5) is 0 Å². The molecular weight excluding hydrogens is 438 g/mol. The summed E-state index contributed by atoms with van der Waals surface area (Å²) in [5, 5.41) is 16.9. The summed E-state index contributed by atoms with van der Waals surface area (Å²) in [7, 11) is 0. The zero-order valence-electron chi connectivity index (χ0n) is 20.1. The molecule has 1 aliphatic rings. The van der Waals surface area contributed by atoms with E-state index in [-0.39, 0.29) is 23.6 Å². The lowest BCUT2D eigenvalue weighted by molar-refractivity contribution is 0.0304. The maximum Gasteiger partial charge on any atom is 0.338 e. The summed E-state index contributed by atoms with van der Waals surface area (Å²) >= 11 is 0. The molecule has 2 aromatic rings. The van der Waals surface area contributed by atoms with Gasteiger partial charge >= 0.3 is 11.9 Å². The summed E-state index contributed by atoms with van der Waals surface area (Å²) in [5.41, 5.74) is 2.00. The molecule has 0 atom stereocenters. The van der Waals surface area contributed by atoms with Gasteiger partial charge in [0.2, 0.25) is 0 Å². The molecule has 2 N–H and O–H groups in total. The molecule has 2 heterocycles. The Kier molecular flexibility index (Phi) is 8.44. The molecule has 184 valence electrons. The third-order valence-corrected chi connectivity index (χ3v) is 5.66. The highest BCUT2D eigenvalue weighted by Gasteiger charge is 2.28. The molecule has 1 aromatic carbocycles. The van der Waals surface area contributed by atoms with Gasteiger partial charge in [0.1, 0.15) is 0 Å². The van der Waals surface area contributed by atoms with Crippen molar-refractivity contribution in [3.8, 4) is 0 Å². The molecule has 0 saturated heterocycles. The molecule has 9 heteroatoms. The molecule has 0 aliphatic carbocycles. The number of carbonyl (C=O) groups excluding carboxylic acids is 2. The number of carbonyl (C=O) groups is 3. The largest absolute Gasteiger partial charge is 0.478 e. The van der Waals surface area contributed by atoms with Crippen molar-refractivity contribution in [1.29, 1.82) is 0 Å². The Labute approximate surface area is 199 Å². The van der Waals surface area contributed by atoms with Crippen LogP contribution in [0.5, 0.6) is 0 Å². The van der Waals surface area contributed by atoms with Crippen LogP contribution in [0, 0.1) is 5.41 Å². The Morgan fingerprint density at radius 1 is 1.24 bits per heavy atom. The smallest absolute Gasteiger partial charge is 0.338 e. The average molecular weight is 472 g/mol. The first-order valence-electron chi connectivity index (χ1n) is 11.7. The maximum atomic E-state index is 12.9. The van der Waals surface area contributed by atoms with Gasteiger partial charge in [-0.1, -0.05) is 26.8 Å². The zero-order valence-corrected chi connectivity index (χ0v) is 20.1. The number of aryl methyl sites for hydroxylation is 1. The van der Waals surface area contributed by atoms with Crippen LogP contribution in [0.15, 0.2) is 24.3 Å². The van der Waals surface area contributed by atoms with Crippen LogP contribution in [0.25, 0.3) is 0 Å². The van der Waals surface area contributed by atoms with Gasteiger partial charge in [-0.15, -0.1) is 0 Å². The normalized spacial score (nSPS) is 15.1. The molecule has 0 unspecified atom stereocenters. The Balaban J connectivity index is 1.76. The van der Waals surface area contributed by atoms with Gasteiger partial charge in [0.25, 0.3) is 5.91 Å². The van der Waals surface area contributed by atoms with Crippen LogP contribution in [0.2, 0.25) is 0 Å². The first-order valence-corrected chi connectivity index (χ1v) is 11.7. The Bertz CT molecular complexity index is 1040. The molecule has 1 aliphatic heterocycles. The third kappa shape index (κ3) is 6.44. The molecule has 0 spiro atoms. The molecule has 1 aromatic heterocycles. The number of esters is 1. The minimum Gasteiger partial charge on any atom is -0.478 e. The predicted molar refractivity (Wildman–Crippen MR) is 125 cm³/mol. The molecule has 0 fully saturated rings. The number of carboxylic acid groups (broad SMARTS) is 1. The first-order chi connectivity index (χ1) is 16.2. The van der Waals surface area contributed by atoms with E-state index >= 15 is 0 Å². The van der Waals surface area contributed by atoms with E-state index < -0.39 is 17.4 Å². The van der Waals surface area contributed by atoms with Crippen molar-refractivity contribution in [2.45, 2.75) is 53.0 Å². The van der Waals surface area contributed by atoms with E-state index in [0.717, 1.165) is 24.2 Å². The minimum atomic E-state index is -1.10. The lowest BCUT2D eigenvalue weighted by atomic mass is 9.94. The molecule has 1 amide bonds. The third-order valence-electron chi connectivity index (χ3n) is 5.66. The highest BCUT2D eigenvalue weighted by molar-refractivity contribution is 5.96.